The summed E-state index contributed by atoms with van der Waals surface area (Å²) >= 11 is 7.70. The average molecular weight is 370 g/mol. The fourth-order valence-electron chi connectivity index (χ4n) is 3.08. The van der Waals surface area contributed by atoms with Crippen LogP contribution in [0.5, 0.6) is 0 Å². The standard InChI is InChI=1S/C17H24ClN3O2S/c1-11-3-4-16-12(7-17(18)24-16)15(22)9-23-6-5-13(20-11)14-8-21(2)10-19-14/h7-8,10-11,13,15,20,22H,3-6,9H2,1-2H3/t11-,13-,15?/m0/s1. The molecule has 2 N–H and O–H groups in total. The van der Waals surface area contributed by atoms with Crippen molar-refractivity contribution >= 4 is 22.9 Å². The number of imidazole rings is 1. The van der Waals surface area contributed by atoms with Crippen LogP contribution in [0.3, 0.4) is 0 Å². The molecule has 0 saturated carbocycles. The minimum Gasteiger partial charge on any atom is -0.386 e. The van der Waals surface area contributed by atoms with Crippen LogP contribution in [0.2, 0.25) is 4.34 Å². The van der Waals surface area contributed by atoms with Crippen LogP contribution >= 0.6 is 22.9 Å². The van der Waals surface area contributed by atoms with Gasteiger partial charge in [-0.3, -0.25) is 0 Å². The minimum absolute atomic E-state index is 0.157. The molecular formula is C17H24ClN3O2S. The quantitative estimate of drug-likeness (QED) is 0.810. The summed E-state index contributed by atoms with van der Waals surface area (Å²) in [6.45, 7) is 3.06. The van der Waals surface area contributed by atoms with Gasteiger partial charge in [0.05, 0.1) is 29.0 Å². The van der Waals surface area contributed by atoms with Crippen molar-refractivity contribution in [1.82, 2.24) is 14.9 Å². The first-order valence-corrected chi connectivity index (χ1v) is 9.50. The van der Waals surface area contributed by atoms with Gasteiger partial charge in [0.1, 0.15) is 6.10 Å². The van der Waals surface area contributed by atoms with E-state index in [-0.39, 0.29) is 6.04 Å². The number of rotatable bonds is 1. The lowest BCUT2D eigenvalue weighted by Gasteiger charge is -2.24. The fourth-order valence-corrected chi connectivity index (χ4v) is 4.43. The first-order chi connectivity index (χ1) is 11.5. The number of aliphatic hydroxyl groups excluding tert-OH is 1. The largest absolute Gasteiger partial charge is 0.386 e. The van der Waals surface area contributed by atoms with Gasteiger partial charge in [0.2, 0.25) is 0 Å². The lowest BCUT2D eigenvalue weighted by Crippen LogP contribution is -2.32. The third-order valence-electron chi connectivity index (χ3n) is 4.37. The molecule has 3 atom stereocenters. The molecule has 2 aromatic rings. The van der Waals surface area contributed by atoms with Gasteiger partial charge in [-0.1, -0.05) is 11.6 Å². The number of thiophene rings is 1. The van der Waals surface area contributed by atoms with E-state index < -0.39 is 6.10 Å². The molecule has 2 aromatic heterocycles. The predicted molar refractivity (Wildman–Crippen MR) is 96.6 cm³/mol. The van der Waals surface area contributed by atoms with Crippen molar-refractivity contribution in [3.05, 3.63) is 39.1 Å². The number of halogens is 1. The molecule has 0 radical (unpaired) electrons. The number of nitrogens with one attached hydrogen (secondary N) is 1. The molecule has 0 aliphatic carbocycles. The zero-order chi connectivity index (χ0) is 17.1. The maximum absolute atomic E-state index is 10.4. The molecule has 0 bridgehead atoms. The Balaban J connectivity index is 1.76. The molecule has 0 aromatic carbocycles. The summed E-state index contributed by atoms with van der Waals surface area (Å²) < 4.78 is 8.40. The fraction of sp³-hybridized carbons (Fsp3) is 0.588. The predicted octanol–water partition coefficient (Wildman–Crippen LogP) is 3.24. The Morgan fingerprint density at radius 2 is 2.29 bits per heavy atom. The molecule has 7 heteroatoms. The number of hydrogen-bond acceptors (Lipinski definition) is 5. The number of aryl methyl sites for hydroxylation is 2. The van der Waals surface area contributed by atoms with Crippen LogP contribution in [0.1, 0.15) is 48.0 Å². The Kier molecular flexibility index (Phi) is 5.94. The van der Waals surface area contributed by atoms with Crippen LogP contribution in [0.25, 0.3) is 0 Å². The molecule has 1 unspecified atom stereocenters. The molecule has 1 aliphatic rings. The van der Waals surface area contributed by atoms with Crippen LogP contribution < -0.4 is 5.32 Å². The highest BCUT2D eigenvalue weighted by molar-refractivity contribution is 7.16. The zero-order valence-corrected chi connectivity index (χ0v) is 15.6. The summed E-state index contributed by atoms with van der Waals surface area (Å²) in [7, 11) is 1.98. The van der Waals surface area contributed by atoms with Crippen molar-refractivity contribution in [2.45, 2.75) is 44.4 Å². The first kappa shape index (κ1) is 17.9. The van der Waals surface area contributed by atoms with Gasteiger partial charge in [-0.25, -0.2) is 4.98 Å². The Hall–Kier alpha value is -0.920. The van der Waals surface area contributed by atoms with Crippen molar-refractivity contribution in [3.63, 3.8) is 0 Å². The van der Waals surface area contributed by atoms with Crippen molar-refractivity contribution in [3.8, 4) is 0 Å². The summed E-state index contributed by atoms with van der Waals surface area (Å²) in [5.41, 5.74) is 1.95. The molecule has 0 fully saturated rings. The van der Waals surface area contributed by atoms with Crippen molar-refractivity contribution in [2.75, 3.05) is 13.2 Å². The maximum Gasteiger partial charge on any atom is 0.103 e. The summed E-state index contributed by atoms with van der Waals surface area (Å²) in [5.74, 6) is 0. The highest BCUT2D eigenvalue weighted by Crippen LogP contribution is 2.33. The summed E-state index contributed by atoms with van der Waals surface area (Å²) in [5, 5.41) is 14.1. The number of fused-ring (bicyclic) bond motifs is 1. The average Bonchev–Trinajstić information content (AvgIpc) is 3.13. The molecule has 1 aliphatic heterocycles. The number of hydrogen-bond donors (Lipinski definition) is 2. The van der Waals surface area contributed by atoms with Gasteiger partial charge in [0, 0.05) is 30.8 Å². The van der Waals surface area contributed by atoms with Crippen molar-refractivity contribution < 1.29 is 9.84 Å². The third-order valence-corrected chi connectivity index (χ3v) is 5.71. The summed E-state index contributed by atoms with van der Waals surface area (Å²) in [6.07, 6.45) is 5.96. The molecule has 24 heavy (non-hydrogen) atoms. The lowest BCUT2D eigenvalue weighted by atomic mass is 10.0. The summed E-state index contributed by atoms with van der Waals surface area (Å²) in [6, 6.07) is 2.36. The van der Waals surface area contributed by atoms with E-state index in [4.69, 9.17) is 16.3 Å². The van der Waals surface area contributed by atoms with E-state index in [1.807, 2.05) is 30.2 Å². The second-order valence-electron chi connectivity index (χ2n) is 6.43. The minimum atomic E-state index is -0.611. The molecule has 5 nitrogen and oxygen atoms in total. The van der Waals surface area contributed by atoms with Crippen molar-refractivity contribution in [2.24, 2.45) is 7.05 Å². The molecule has 0 spiro atoms. The van der Waals surface area contributed by atoms with E-state index in [1.54, 1.807) is 11.3 Å². The molecule has 0 amide bonds. The normalized spacial score (nSPS) is 26.4. The van der Waals surface area contributed by atoms with Gasteiger partial charge < -0.3 is 19.7 Å². The first-order valence-electron chi connectivity index (χ1n) is 8.30. The van der Waals surface area contributed by atoms with Crippen LogP contribution in [0, 0.1) is 0 Å². The van der Waals surface area contributed by atoms with E-state index in [9.17, 15) is 5.11 Å². The van der Waals surface area contributed by atoms with E-state index in [2.05, 4.69) is 17.2 Å². The Labute approximate surface area is 151 Å². The van der Waals surface area contributed by atoms with E-state index in [0.717, 1.165) is 39.7 Å². The zero-order valence-electron chi connectivity index (χ0n) is 14.0. The maximum atomic E-state index is 10.4. The topological polar surface area (TPSA) is 59.3 Å². The van der Waals surface area contributed by atoms with Gasteiger partial charge in [-0.05, 0) is 37.8 Å². The van der Waals surface area contributed by atoms with Gasteiger partial charge >= 0.3 is 0 Å². The van der Waals surface area contributed by atoms with Crippen LogP contribution in [0.15, 0.2) is 18.6 Å². The Morgan fingerprint density at radius 3 is 3.04 bits per heavy atom. The van der Waals surface area contributed by atoms with E-state index in [1.165, 1.54) is 0 Å². The third kappa shape index (κ3) is 4.37. The lowest BCUT2D eigenvalue weighted by molar-refractivity contribution is 0.0311. The number of aliphatic hydroxyl groups is 1. The Morgan fingerprint density at radius 1 is 1.46 bits per heavy atom. The smallest absolute Gasteiger partial charge is 0.103 e. The van der Waals surface area contributed by atoms with Crippen LogP contribution in [0.4, 0.5) is 0 Å². The van der Waals surface area contributed by atoms with Crippen LogP contribution in [-0.2, 0) is 18.2 Å². The Bertz CT molecular complexity index is 673. The van der Waals surface area contributed by atoms with E-state index in [0.29, 0.717) is 19.3 Å². The monoisotopic (exact) mass is 369 g/mol. The summed E-state index contributed by atoms with van der Waals surface area (Å²) in [4.78, 5) is 5.63. The van der Waals surface area contributed by atoms with Crippen molar-refractivity contribution in [1.29, 1.82) is 0 Å². The number of nitrogens with zero attached hydrogens (tertiary/aromatic N) is 2. The van der Waals surface area contributed by atoms with Gasteiger partial charge in [-0.2, -0.15) is 0 Å². The second kappa shape index (κ2) is 7.97. The molecular weight excluding hydrogens is 346 g/mol. The van der Waals surface area contributed by atoms with Gasteiger partial charge in [-0.15, -0.1) is 11.3 Å². The highest BCUT2D eigenvalue weighted by atomic mass is 35.5. The highest BCUT2D eigenvalue weighted by Gasteiger charge is 2.21. The molecule has 0 saturated heterocycles. The molecule has 3 heterocycles. The number of aromatic nitrogens is 2. The van der Waals surface area contributed by atoms with Gasteiger partial charge in [0.15, 0.2) is 0 Å². The molecule has 3 rings (SSSR count). The molecule has 132 valence electrons. The SMILES string of the molecule is C[C@H]1CCc2sc(Cl)cc2C(O)COCC[C@@H](c2cn(C)cn2)N1. The second-order valence-corrected chi connectivity index (χ2v) is 8.20. The van der Waals surface area contributed by atoms with Crippen LogP contribution in [-0.4, -0.2) is 33.9 Å². The number of ether oxygens (including phenoxy) is 1. The van der Waals surface area contributed by atoms with E-state index >= 15 is 0 Å². The van der Waals surface area contributed by atoms with Gasteiger partial charge in [0.25, 0.3) is 0 Å².